The van der Waals surface area contributed by atoms with Crippen LogP contribution in [0.5, 0.6) is 0 Å². The zero-order chi connectivity index (χ0) is 11.1. The zero-order valence-corrected chi connectivity index (χ0v) is 9.79. The van der Waals surface area contributed by atoms with Crippen LogP contribution in [-0.2, 0) is 4.74 Å². The van der Waals surface area contributed by atoms with Gasteiger partial charge in [-0.25, -0.2) is 4.98 Å². The van der Waals surface area contributed by atoms with E-state index in [2.05, 4.69) is 17.2 Å². The van der Waals surface area contributed by atoms with Gasteiger partial charge in [0.05, 0.1) is 12.6 Å². The molecule has 1 unspecified atom stereocenters. The Morgan fingerprint density at radius 2 is 2.27 bits per heavy atom. The second-order valence-corrected chi connectivity index (χ2v) is 3.75. The van der Waals surface area contributed by atoms with E-state index < -0.39 is 0 Å². The van der Waals surface area contributed by atoms with Gasteiger partial charge in [-0.1, -0.05) is 19.4 Å². The minimum absolute atomic E-state index is 0.356. The highest BCUT2D eigenvalue weighted by atomic mass is 16.5. The monoisotopic (exact) mass is 208 g/mol. The summed E-state index contributed by atoms with van der Waals surface area (Å²) in [6.07, 6.45) is 2.25. The number of hydrogen-bond acceptors (Lipinski definition) is 3. The molecule has 1 atom stereocenters. The molecule has 15 heavy (non-hydrogen) atoms. The predicted molar refractivity (Wildman–Crippen MR) is 63.2 cm³/mol. The summed E-state index contributed by atoms with van der Waals surface area (Å²) in [4.78, 5) is 4.41. The van der Waals surface area contributed by atoms with Crippen LogP contribution in [0.25, 0.3) is 0 Å². The molecule has 0 aliphatic heterocycles. The van der Waals surface area contributed by atoms with Crippen molar-refractivity contribution >= 4 is 5.82 Å². The Morgan fingerprint density at radius 1 is 1.47 bits per heavy atom. The fraction of sp³-hybridized carbons (Fsp3) is 0.583. The summed E-state index contributed by atoms with van der Waals surface area (Å²) in [5, 5.41) is 3.39. The predicted octanol–water partition coefficient (Wildman–Crippen LogP) is 2.62. The van der Waals surface area contributed by atoms with E-state index in [0.717, 1.165) is 31.0 Å². The molecular weight excluding hydrogens is 188 g/mol. The summed E-state index contributed by atoms with van der Waals surface area (Å²) >= 11 is 0. The van der Waals surface area contributed by atoms with Gasteiger partial charge in [0.25, 0.3) is 0 Å². The summed E-state index contributed by atoms with van der Waals surface area (Å²) < 4.78 is 5.17. The molecule has 1 heterocycles. The Bertz CT molecular complexity index is 283. The molecule has 0 aliphatic carbocycles. The molecule has 0 bridgehead atoms. The van der Waals surface area contributed by atoms with E-state index in [1.54, 1.807) is 7.11 Å². The number of aromatic nitrogens is 1. The quantitative estimate of drug-likeness (QED) is 0.780. The van der Waals surface area contributed by atoms with E-state index >= 15 is 0 Å². The highest BCUT2D eigenvalue weighted by Crippen LogP contribution is 2.08. The van der Waals surface area contributed by atoms with E-state index in [0.29, 0.717) is 6.04 Å². The molecule has 3 nitrogen and oxygen atoms in total. The van der Waals surface area contributed by atoms with Crippen LogP contribution in [0.2, 0.25) is 0 Å². The Kier molecular flexibility index (Phi) is 5.12. The van der Waals surface area contributed by atoms with E-state index in [9.17, 15) is 0 Å². The molecule has 0 amide bonds. The highest BCUT2D eigenvalue weighted by Gasteiger charge is 2.07. The molecule has 0 spiro atoms. The van der Waals surface area contributed by atoms with Crippen molar-refractivity contribution in [2.45, 2.75) is 32.7 Å². The lowest BCUT2D eigenvalue weighted by Crippen LogP contribution is -2.25. The molecular formula is C12H20N2O. The van der Waals surface area contributed by atoms with Crippen molar-refractivity contribution < 1.29 is 4.74 Å². The van der Waals surface area contributed by atoms with E-state index in [1.165, 1.54) is 0 Å². The lowest BCUT2D eigenvalue weighted by Gasteiger charge is -2.17. The van der Waals surface area contributed by atoms with Crippen molar-refractivity contribution in [2.24, 2.45) is 0 Å². The number of anilines is 1. The third-order valence-electron chi connectivity index (χ3n) is 2.25. The van der Waals surface area contributed by atoms with Gasteiger partial charge in [0.2, 0.25) is 0 Å². The third-order valence-corrected chi connectivity index (χ3v) is 2.25. The van der Waals surface area contributed by atoms with Gasteiger partial charge in [-0.2, -0.15) is 0 Å². The summed E-state index contributed by atoms with van der Waals surface area (Å²) in [5.41, 5.74) is 1.03. The van der Waals surface area contributed by atoms with Crippen LogP contribution in [0.4, 0.5) is 5.82 Å². The Hall–Kier alpha value is -1.09. The molecule has 84 valence electrons. The summed E-state index contributed by atoms with van der Waals surface area (Å²) in [6, 6.07) is 6.36. The number of pyridine rings is 1. The summed E-state index contributed by atoms with van der Waals surface area (Å²) in [6.45, 7) is 4.90. The Labute approximate surface area is 91.9 Å². The lowest BCUT2D eigenvalue weighted by atomic mass is 10.2. The molecule has 3 heteroatoms. The minimum Gasteiger partial charge on any atom is -0.383 e. The van der Waals surface area contributed by atoms with Crippen LogP contribution in [0.1, 0.15) is 25.5 Å². The van der Waals surface area contributed by atoms with Crippen LogP contribution in [-0.4, -0.2) is 24.7 Å². The zero-order valence-electron chi connectivity index (χ0n) is 9.79. The van der Waals surface area contributed by atoms with Crippen molar-refractivity contribution in [3.05, 3.63) is 23.9 Å². The van der Waals surface area contributed by atoms with Crippen LogP contribution in [0, 0.1) is 6.92 Å². The van der Waals surface area contributed by atoms with Gasteiger partial charge in [0.15, 0.2) is 0 Å². The SMILES string of the molecule is CCCC(COC)Nc1cccc(C)n1. The first-order valence-electron chi connectivity index (χ1n) is 5.45. The molecule has 0 fully saturated rings. The average molecular weight is 208 g/mol. The smallest absolute Gasteiger partial charge is 0.126 e. The van der Waals surface area contributed by atoms with Crippen LogP contribution >= 0.6 is 0 Å². The maximum Gasteiger partial charge on any atom is 0.126 e. The third kappa shape index (κ3) is 4.30. The fourth-order valence-electron chi connectivity index (χ4n) is 1.58. The van der Waals surface area contributed by atoms with Crippen molar-refractivity contribution in [1.82, 2.24) is 4.98 Å². The Balaban J connectivity index is 2.56. The molecule has 1 aromatic heterocycles. The molecule has 0 radical (unpaired) electrons. The van der Waals surface area contributed by atoms with Crippen molar-refractivity contribution in [2.75, 3.05) is 19.0 Å². The van der Waals surface area contributed by atoms with Crippen LogP contribution < -0.4 is 5.32 Å². The van der Waals surface area contributed by atoms with Crippen molar-refractivity contribution in [1.29, 1.82) is 0 Å². The normalized spacial score (nSPS) is 12.5. The number of nitrogens with one attached hydrogen (secondary N) is 1. The molecule has 1 aromatic rings. The fourth-order valence-corrected chi connectivity index (χ4v) is 1.58. The number of ether oxygens (including phenoxy) is 1. The van der Waals surface area contributed by atoms with Gasteiger partial charge in [-0.05, 0) is 25.5 Å². The maximum absolute atomic E-state index is 5.17. The van der Waals surface area contributed by atoms with Gasteiger partial charge >= 0.3 is 0 Å². The van der Waals surface area contributed by atoms with E-state index in [4.69, 9.17) is 4.74 Å². The second-order valence-electron chi connectivity index (χ2n) is 3.75. The van der Waals surface area contributed by atoms with Gasteiger partial charge in [0, 0.05) is 12.8 Å². The van der Waals surface area contributed by atoms with Gasteiger partial charge < -0.3 is 10.1 Å². The first-order valence-corrected chi connectivity index (χ1v) is 5.45. The van der Waals surface area contributed by atoms with Crippen LogP contribution in [0.3, 0.4) is 0 Å². The van der Waals surface area contributed by atoms with Crippen molar-refractivity contribution in [3.63, 3.8) is 0 Å². The molecule has 0 saturated carbocycles. The van der Waals surface area contributed by atoms with E-state index in [-0.39, 0.29) is 0 Å². The number of nitrogens with zero attached hydrogens (tertiary/aromatic N) is 1. The first-order chi connectivity index (χ1) is 7.26. The number of methoxy groups -OCH3 is 1. The van der Waals surface area contributed by atoms with Crippen molar-refractivity contribution in [3.8, 4) is 0 Å². The summed E-state index contributed by atoms with van der Waals surface area (Å²) in [5.74, 6) is 0.936. The number of rotatable bonds is 6. The Morgan fingerprint density at radius 3 is 2.87 bits per heavy atom. The first kappa shape index (κ1) is 12.0. The topological polar surface area (TPSA) is 34.1 Å². The second kappa shape index (κ2) is 6.40. The largest absolute Gasteiger partial charge is 0.383 e. The summed E-state index contributed by atoms with van der Waals surface area (Å²) in [7, 11) is 1.73. The number of aryl methyl sites for hydroxylation is 1. The lowest BCUT2D eigenvalue weighted by molar-refractivity contribution is 0.182. The molecule has 1 rings (SSSR count). The standard InChI is InChI=1S/C12H20N2O/c1-4-6-11(9-15-3)14-12-8-5-7-10(2)13-12/h5,7-8,11H,4,6,9H2,1-3H3,(H,13,14). The van der Waals surface area contributed by atoms with Gasteiger partial charge in [-0.15, -0.1) is 0 Å². The van der Waals surface area contributed by atoms with Crippen LogP contribution in [0.15, 0.2) is 18.2 Å². The molecule has 0 saturated heterocycles. The van der Waals surface area contributed by atoms with Gasteiger partial charge in [-0.3, -0.25) is 0 Å². The number of hydrogen-bond donors (Lipinski definition) is 1. The molecule has 0 aliphatic rings. The highest BCUT2D eigenvalue weighted by molar-refractivity contribution is 5.36. The average Bonchev–Trinajstić information content (AvgIpc) is 2.18. The molecule has 1 N–H and O–H groups in total. The molecule has 0 aromatic carbocycles. The maximum atomic E-state index is 5.17. The van der Waals surface area contributed by atoms with E-state index in [1.807, 2.05) is 25.1 Å². The minimum atomic E-state index is 0.356. The van der Waals surface area contributed by atoms with Gasteiger partial charge in [0.1, 0.15) is 5.82 Å².